The number of anilines is 1. The SMILES string of the molecule is CC(=O)OC[C@H]1O[C@@H](n2cnc3c(N[C@@H]4CCC[C@H]4Sc4nc5ccccc5s4)nc(Cl)nc32)[C@H](OC(C)=O)[C@@H]1OC(C)=O. The topological polar surface area (TPSA) is 157 Å². The van der Waals surface area contributed by atoms with Crippen LogP contribution in [0.25, 0.3) is 21.4 Å². The molecule has 4 heterocycles. The predicted molar refractivity (Wildman–Crippen MR) is 163 cm³/mol. The number of carbonyl (C=O) groups is 3. The van der Waals surface area contributed by atoms with Crippen LogP contribution in [-0.4, -0.2) is 78.6 Å². The molecule has 1 aromatic carbocycles. The van der Waals surface area contributed by atoms with E-state index < -0.39 is 42.4 Å². The van der Waals surface area contributed by atoms with Gasteiger partial charge in [0.1, 0.15) is 12.7 Å². The number of nitrogens with one attached hydrogen (secondary N) is 1. The van der Waals surface area contributed by atoms with Gasteiger partial charge >= 0.3 is 17.9 Å². The molecule has 1 N–H and O–H groups in total. The number of halogens is 1. The lowest BCUT2D eigenvalue weighted by Crippen LogP contribution is -2.40. The molecular formula is C28H29ClN6O7S2. The van der Waals surface area contributed by atoms with Gasteiger partial charge in [0.2, 0.25) is 5.28 Å². The van der Waals surface area contributed by atoms with Gasteiger partial charge in [0.15, 0.2) is 39.8 Å². The molecule has 0 amide bonds. The third kappa shape index (κ3) is 6.46. The largest absolute Gasteiger partial charge is 0.463 e. The molecule has 44 heavy (non-hydrogen) atoms. The first-order chi connectivity index (χ1) is 21.2. The first-order valence-corrected chi connectivity index (χ1v) is 16.1. The van der Waals surface area contributed by atoms with Gasteiger partial charge in [0.25, 0.3) is 0 Å². The maximum atomic E-state index is 12.1. The highest BCUT2D eigenvalue weighted by Gasteiger charge is 2.51. The molecule has 1 aliphatic carbocycles. The van der Waals surface area contributed by atoms with Gasteiger partial charge in [-0.15, -0.1) is 11.3 Å². The Hall–Kier alpha value is -3.53. The molecule has 232 valence electrons. The van der Waals surface area contributed by atoms with Gasteiger partial charge in [0.05, 0.1) is 16.5 Å². The van der Waals surface area contributed by atoms with Crippen LogP contribution in [0.2, 0.25) is 5.28 Å². The van der Waals surface area contributed by atoms with E-state index in [9.17, 15) is 14.4 Å². The van der Waals surface area contributed by atoms with Crippen molar-refractivity contribution in [3.05, 3.63) is 35.9 Å². The van der Waals surface area contributed by atoms with Gasteiger partial charge < -0.3 is 24.3 Å². The molecule has 4 aromatic rings. The number of aromatic nitrogens is 5. The standard InChI is InChI=1S/C28H29ClN6O7S2/c1-13(36)39-11-18-22(40-14(2)37)23(41-15(3)38)26(42-18)35-12-30-21-24(33-27(29)34-25(21)35)31-16-8-6-10-20(16)44-28-32-17-7-4-5-9-19(17)43-28/h4-5,7,9,12,16,18,20,22-23,26H,6,8,10-11H2,1-3H3,(H,31,33,34)/t16-,18-,20-,22-,23-,26-/m1/s1. The van der Waals surface area contributed by atoms with E-state index in [-0.39, 0.29) is 23.2 Å². The van der Waals surface area contributed by atoms with Crippen LogP contribution in [0, 0.1) is 0 Å². The number of benzene rings is 1. The van der Waals surface area contributed by atoms with Gasteiger partial charge in [-0.05, 0) is 36.6 Å². The fraction of sp³-hybridized carbons (Fsp3) is 0.464. The second kappa shape index (κ2) is 12.8. The van der Waals surface area contributed by atoms with Crippen molar-refractivity contribution < 1.29 is 33.3 Å². The molecule has 3 aromatic heterocycles. The summed E-state index contributed by atoms with van der Waals surface area (Å²) in [6.45, 7) is 3.48. The lowest BCUT2D eigenvalue weighted by molar-refractivity contribution is -0.166. The summed E-state index contributed by atoms with van der Waals surface area (Å²) in [6.07, 6.45) is 0.339. The summed E-state index contributed by atoms with van der Waals surface area (Å²) in [7, 11) is 0. The molecule has 1 saturated carbocycles. The minimum absolute atomic E-state index is 0.0230. The number of carbonyl (C=O) groups excluding carboxylic acids is 3. The molecule has 16 heteroatoms. The smallest absolute Gasteiger partial charge is 0.303 e. The zero-order chi connectivity index (χ0) is 31.0. The summed E-state index contributed by atoms with van der Waals surface area (Å²) < 4.78 is 26.1. The number of hydrogen-bond acceptors (Lipinski definition) is 14. The van der Waals surface area contributed by atoms with Gasteiger partial charge in [-0.2, -0.15) is 9.97 Å². The second-order valence-corrected chi connectivity index (χ2v) is 13.3. The molecule has 6 rings (SSSR count). The Kier molecular flexibility index (Phi) is 8.89. The van der Waals surface area contributed by atoms with Crippen molar-refractivity contribution >= 4 is 79.8 Å². The lowest BCUT2D eigenvalue weighted by atomic mass is 10.1. The van der Waals surface area contributed by atoms with Gasteiger partial charge in [-0.1, -0.05) is 30.3 Å². The van der Waals surface area contributed by atoms with E-state index >= 15 is 0 Å². The first-order valence-electron chi connectivity index (χ1n) is 14.0. The third-order valence-electron chi connectivity index (χ3n) is 7.31. The molecule has 0 spiro atoms. The quantitative estimate of drug-likeness (QED) is 0.152. The lowest BCUT2D eigenvalue weighted by Gasteiger charge is -2.24. The average molecular weight is 661 g/mol. The van der Waals surface area contributed by atoms with E-state index in [1.54, 1.807) is 27.7 Å². The van der Waals surface area contributed by atoms with Crippen molar-refractivity contribution in [3.63, 3.8) is 0 Å². The van der Waals surface area contributed by atoms with E-state index in [1.165, 1.54) is 27.1 Å². The first kappa shape index (κ1) is 30.5. The average Bonchev–Trinajstić information content (AvgIpc) is 3.74. The van der Waals surface area contributed by atoms with Crippen molar-refractivity contribution in [2.75, 3.05) is 11.9 Å². The van der Waals surface area contributed by atoms with Crippen LogP contribution in [0.15, 0.2) is 34.9 Å². The van der Waals surface area contributed by atoms with Gasteiger partial charge in [-0.25, -0.2) is 9.97 Å². The molecule has 0 unspecified atom stereocenters. The summed E-state index contributed by atoms with van der Waals surface area (Å²) in [5.41, 5.74) is 1.74. The molecule has 2 aliphatic rings. The van der Waals surface area contributed by atoms with E-state index in [1.807, 2.05) is 18.2 Å². The summed E-state index contributed by atoms with van der Waals surface area (Å²) >= 11 is 9.85. The van der Waals surface area contributed by atoms with Gasteiger partial charge in [0, 0.05) is 32.1 Å². The number of esters is 3. The third-order valence-corrected chi connectivity index (χ3v) is 10.0. The zero-order valence-corrected chi connectivity index (χ0v) is 26.4. The second-order valence-electron chi connectivity index (χ2n) is 10.5. The van der Waals surface area contributed by atoms with Crippen molar-refractivity contribution in [3.8, 4) is 0 Å². The summed E-state index contributed by atoms with van der Waals surface area (Å²) in [6, 6.07) is 8.17. The Morgan fingerprint density at radius 2 is 1.84 bits per heavy atom. The summed E-state index contributed by atoms with van der Waals surface area (Å²) in [5.74, 6) is -1.33. The van der Waals surface area contributed by atoms with Crippen LogP contribution < -0.4 is 5.32 Å². The van der Waals surface area contributed by atoms with E-state index in [4.69, 9.17) is 35.5 Å². The summed E-state index contributed by atoms with van der Waals surface area (Å²) in [5, 5.41) is 3.77. The van der Waals surface area contributed by atoms with Crippen LogP contribution in [0.5, 0.6) is 0 Å². The number of hydrogen-bond donors (Lipinski definition) is 1. The van der Waals surface area contributed by atoms with E-state index in [0.717, 1.165) is 33.8 Å². The van der Waals surface area contributed by atoms with E-state index in [2.05, 4.69) is 26.3 Å². The van der Waals surface area contributed by atoms with Crippen LogP contribution in [-0.2, 0) is 33.3 Å². The van der Waals surface area contributed by atoms with Crippen molar-refractivity contribution in [1.29, 1.82) is 0 Å². The number of rotatable bonds is 9. The Balaban J connectivity index is 1.28. The number of para-hydroxylation sites is 1. The number of fused-ring (bicyclic) bond motifs is 2. The van der Waals surface area contributed by atoms with Crippen molar-refractivity contribution in [1.82, 2.24) is 24.5 Å². The highest BCUT2D eigenvalue weighted by atomic mass is 35.5. The van der Waals surface area contributed by atoms with Crippen LogP contribution in [0.3, 0.4) is 0 Å². The Morgan fingerprint density at radius 1 is 1.07 bits per heavy atom. The summed E-state index contributed by atoms with van der Waals surface area (Å²) in [4.78, 5) is 53.8. The minimum Gasteiger partial charge on any atom is -0.463 e. The van der Waals surface area contributed by atoms with Crippen LogP contribution in [0.4, 0.5) is 5.82 Å². The molecule has 13 nitrogen and oxygen atoms in total. The number of thiazole rings is 1. The van der Waals surface area contributed by atoms with Gasteiger partial charge in [-0.3, -0.25) is 19.0 Å². The minimum atomic E-state index is -1.09. The highest BCUT2D eigenvalue weighted by Crippen LogP contribution is 2.41. The fourth-order valence-corrected chi connectivity index (χ4v) is 8.29. The number of thioether (sulfide) groups is 1. The van der Waals surface area contributed by atoms with Crippen molar-refractivity contribution in [2.24, 2.45) is 0 Å². The van der Waals surface area contributed by atoms with E-state index in [0.29, 0.717) is 17.0 Å². The molecular weight excluding hydrogens is 632 g/mol. The fourth-order valence-electron chi connectivity index (χ4n) is 5.53. The van der Waals surface area contributed by atoms with Crippen LogP contribution in [0.1, 0.15) is 46.3 Å². The molecule has 0 radical (unpaired) electrons. The number of imidazole rings is 1. The monoisotopic (exact) mass is 660 g/mol. The Labute approximate surface area is 265 Å². The molecule has 0 bridgehead atoms. The van der Waals surface area contributed by atoms with Crippen LogP contribution >= 0.6 is 34.7 Å². The van der Waals surface area contributed by atoms with Crippen molar-refractivity contribution in [2.45, 2.75) is 80.2 Å². The maximum absolute atomic E-state index is 12.1. The molecule has 2 fully saturated rings. The Morgan fingerprint density at radius 3 is 2.59 bits per heavy atom. The zero-order valence-electron chi connectivity index (χ0n) is 24.0. The molecule has 1 saturated heterocycles. The normalized spacial score (nSPS) is 24.9. The molecule has 1 aliphatic heterocycles. The highest BCUT2D eigenvalue weighted by molar-refractivity contribution is 8.01. The molecule has 6 atom stereocenters. The number of ether oxygens (including phenoxy) is 4. The Bertz CT molecular complexity index is 1680. The maximum Gasteiger partial charge on any atom is 0.303 e. The predicted octanol–water partition coefficient (Wildman–Crippen LogP) is 4.54. The number of nitrogens with zero attached hydrogens (tertiary/aromatic N) is 5.